The summed E-state index contributed by atoms with van der Waals surface area (Å²) < 4.78 is 0. The van der Waals surface area contributed by atoms with E-state index in [4.69, 9.17) is 0 Å². The average molecular weight is 1250 g/mol. The predicted octanol–water partition coefficient (Wildman–Crippen LogP) is 26.2. The van der Waals surface area contributed by atoms with Crippen molar-refractivity contribution in [3.8, 4) is 68.1 Å². The average Bonchev–Trinajstić information content (AvgIpc) is 0.749. The van der Waals surface area contributed by atoms with Crippen molar-refractivity contribution in [3.63, 3.8) is 0 Å². The third-order valence-corrected chi connectivity index (χ3v) is 47.7. The zero-order valence-electron chi connectivity index (χ0n) is 59.6. The summed E-state index contributed by atoms with van der Waals surface area (Å²) in [6, 6.07) is 51.2. The van der Waals surface area contributed by atoms with E-state index < -0.39 is 32.3 Å². The number of benzene rings is 9. The highest BCUT2D eigenvalue weighted by Crippen LogP contribution is 2.47. The smallest absolute Gasteiger partial charge is 0.125 e. The fourth-order valence-electron chi connectivity index (χ4n) is 18.0. The molecule has 9 aromatic rings. The molecule has 0 aliphatic carbocycles. The standard InChI is InChI=1S/C86H106Si4/c1-55(2)87(56(3)4,57(5)6)44-40-79-75-32-25-27-34-77(75)81(42-46-89(61(13)14,62(15)16)63(17)18)85-53-73-49-69(36-38-71(73)51-83(79)85)67-30-29-31-68(48-67)70-37-39-72-52-84-80(41-45-88(58(7)8,59(9)10)60(11)12)76-33-26-28-35-78(76)82(86(84)54-74(72)50-70)43-47-90(64(19)20,65(21)22)66(23)24/h25-39,48-66H,1-24H3. The molecular weight excluding hydrogens is 1150 g/mol. The van der Waals surface area contributed by atoms with Gasteiger partial charge >= 0.3 is 0 Å². The van der Waals surface area contributed by atoms with Gasteiger partial charge in [-0.3, -0.25) is 0 Å². The molecule has 466 valence electrons. The predicted molar refractivity (Wildman–Crippen MR) is 414 cm³/mol. The van der Waals surface area contributed by atoms with Gasteiger partial charge in [0.1, 0.15) is 32.3 Å². The Morgan fingerprint density at radius 2 is 0.411 bits per heavy atom. The lowest BCUT2D eigenvalue weighted by Gasteiger charge is -2.38. The molecule has 0 bridgehead atoms. The first-order valence-corrected chi connectivity index (χ1v) is 43.5. The third-order valence-electron chi connectivity index (χ3n) is 22.6. The van der Waals surface area contributed by atoms with E-state index in [1.807, 2.05) is 0 Å². The molecular formula is C86H106Si4. The van der Waals surface area contributed by atoms with Crippen LogP contribution in [0.15, 0.2) is 133 Å². The molecule has 4 heteroatoms. The maximum atomic E-state index is 4.18. The van der Waals surface area contributed by atoms with Crippen molar-refractivity contribution in [3.05, 3.63) is 156 Å². The van der Waals surface area contributed by atoms with Crippen LogP contribution in [0.2, 0.25) is 66.5 Å². The Bertz CT molecular complexity index is 4080. The Hall–Kier alpha value is -6.35. The lowest BCUT2D eigenvalue weighted by molar-refractivity contribution is 0.838. The van der Waals surface area contributed by atoms with E-state index in [9.17, 15) is 0 Å². The maximum Gasteiger partial charge on any atom is 0.146 e. The molecule has 0 atom stereocenters. The molecule has 9 rings (SSSR count). The first kappa shape index (κ1) is 68.0. The molecule has 0 unspecified atom stereocenters. The van der Waals surface area contributed by atoms with Crippen molar-refractivity contribution in [2.24, 2.45) is 0 Å². The lowest BCUT2D eigenvalue weighted by Crippen LogP contribution is -2.43. The molecule has 0 nitrogen and oxygen atoms in total. The second-order valence-corrected chi connectivity index (χ2v) is 53.0. The largest absolute Gasteiger partial charge is 0.146 e. The monoisotopic (exact) mass is 1250 g/mol. The molecule has 0 fully saturated rings. The molecule has 0 amide bonds. The Balaban J connectivity index is 1.26. The molecule has 0 aliphatic heterocycles. The molecule has 0 aliphatic rings. The van der Waals surface area contributed by atoms with Crippen LogP contribution in [0.1, 0.15) is 188 Å². The summed E-state index contributed by atoms with van der Waals surface area (Å²) in [7, 11) is -8.32. The number of rotatable bonds is 14. The fourth-order valence-corrected chi connectivity index (χ4v) is 38.9. The van der Waals surface area contributed by atoms with Gasteiger partial charge < -0.3 is 0 Å². The van der Waals surface area contributed by atoms with Crippen LogP contribution in [-0.4, -0.2) is 32.3 Å². The summed E-state index contributed by atoms with van der Waals surface area (Å²) in [6.07, 6.45) is 0. The van der Waals surface area contributed by atoms with Crippen LogP contribution < -0.4 is 0 Å². The van der Waals surface area contributed by atoms with Crippen LogP contribution in [0.25, 0.3) is 86.9 Å². The maximum absolute atomic E-state index is 4.18. The van der Waals surface area contributed by atoms with Gasteiger partial charge in [-0.05, 0) is 196 Å². The van der Waals surface area contributed by atoms with Crippen LogP contribution in [0.3, 0.4) is 0 Å². The number of hydrogen-bond acceptors (Lipinski definition) is 0. The molecule has 0 saturated carbocycles. The minimum absolute atomic E-state index is 0.525. The Kier molecular flexibility index (Phi) is 20.2. The van der Waals surface area contributed by atoms with Gasteiger partial charge in [-0.1, -0.05) is 281 Å². The highest BCUT2D eigenvalue weighted by Gasteiger charge is 2.45. The van der Waals surface area contributed by atoms with Crippen molar-refractivity contribution in [2.45, 2.75) is 233 Å². The van der Waals surface area contributed by atoms with Gasteiger partial charge in [-0.2, -0.15) is 0 Å². The van der Waals surface area contributed by atoms with Gasteiger partial charge in [-0.15, -0.1) is 22.2 Å². The third kappa shape index (κ3) is 11.9. The summed E-state index contributed by atoms with van der Waals surface area (Å²) >= 11 is 0. The number of hydrogen-bond donors (Lipinski definition) is 0. The van der Waals surface area contributed by atoms with Gasteiger partial charge in [-0.25, -0.2) is 0 Å². The Morgan fingerprint density at radius 1 is 0.200 bits per heavy atom. The summed E-state index contributed by atoms with van der Waals surface area (Å²) in [4.78, 5) is 0. The van der Waals surface area contributed by atoms with Gasteiger partial charge in [0.15, 0.2) is 0 Å². The second kappa shape index (κ2) is 26.7. The van der Waals surface area contributed by atoms with Crippen LogP contribution in [0, 0.1) is 45.9 Å². The van der Waals surface area contributed by atoms with Gasteiger partial charge in [0.05, 0.1) is 0 Å². The second-order valence-electron chi connectivity index (χ2n) is 30.7. The summed E-state index contributed by atoms with van der Waals surface area (Å²) in [5.41, 5.74) is 32.4. The number of fused-ring (bicyclic) bond motifs is 6. The van der Waals surface area contributed by atoms with E-state index in [0.717, 1.165) is 22.3 Å². The van der Waals surface area contributed by atoms with Crippen molar-refractivity contribution >= 4 is 96.9 Å². The van der Waals surface area contributed by atoms with E-state index in [0.29, 0.717) is 66.5 Å². The molecule has 0 N–H and O–H groups in total. The fraction of sp³-hybridized carbons (Fsp3) is 0.419. The molecule has 0 saturated heterocycles. The van der Waals surface area contributed by atoms with Crippen molar-refractivity contribution in [1.82, 2.24) is 0 Å². The lowest BCUT2D eigenvalue weighted by atomic mass is 9.89. The molecule has 0 spiro atoms. The first-order valence-electron chi connectivity index (χ1n) is 34.6. The normalized spacial score (nSPS) is 12.8. The van der Waals surface area contributed by atoms with Gasteiger partial charge in [0.2, 0.25) is 0 Å². The molecule has 9 aromatic carbocycles. The Labute approximate surface area is 549 Å². The van der Waals surface area contributed by atoms with Crippen molar-refractivity contribution < 1.29 is 0 Å². The highest BCUT2D eigenvalue weighted by molar-refractivity contribution is 6.92. The van der Waals surface area contributed by atoms with Crippen LogP contribution in [0.4, 0.5) is 0 Å². The van der Waals surface area contributed by atoms with Crippen molar-refractivity contribution in [1.29, 1.82) is 0 Å². The minimum atomic E-state index is -2.09. The van der Waals surface area contributed by atoms with E-state index in [-0.39, 0.29) is 0 Å². The minimum Gasteiger partial charge on any atom is -0.125 e. The SMILES string of the molecule is CC(C)[Si](C#Cc1c2ccccc2c(C#C[Si](C(C)C)(C(C)C)C(C)C)c2cc3cc(-c4cccc(-c5ccc6cc7c(C#C[Si](C(C)C)(C(C)C)C(C)C)c8ccccc8c(C#C[Si](C(C)C)(C(C)C)C(C)C)c7cc6c5)c4)ccc3cc12)(C(C)C)C(C)C. The quantitative estimate of drug-likeness (QED) is 0.0578. The zero-order chi connectivity index (χ0) is 65.7. The van der Waals surface area contributed by atoms with E-state index >= 15 is 0 Å². The van der Waals surface area contributed by atoms with E-state index in [1.54, 1.807) is 0 Å². The topological polar surface area (TPSA) is 0 Å². The summed E-state index contributed by atoms with van der Waals surface area (Å²) in [6.45, 7) is 58.1. The van der Waals surface area contributed by atoms with Crippen LogP contribution in [-0.2, 0) is 0 Å². The summed E-state index contributed by atoms with van der Waals surface area (Å²) in [5, 5.41) is 14.5. The molecule has 0 heterocycles. The van der Waals surface area contributed by atoms with E-state index in [1.165, 1.54) is 86.9 Å². The first-order chi connectivity index (χ1) is 42.5. The Morgan fingerprint density at radius 3 is 0.633 bits per heavy atom. The highest BCUT2D eigenvalue weighted by atomic mass is 28.3. The van der Waals surface area contributed by atoms with E-state index in [2.05, 4.69) is 345 Å². The zero-order valence-corrected chi connectivity index (χ0v) is 63.6. The van der Waals surface area contributed by atoms with Gasteiger partial charge in [0, 0.05) is 22.3 Å². The van der Waals surface area contributed by atoms with Crippen LogP contribution >= 0.6 is 0 Å². The molecule has 90 heavy (non-hydrogen) atoms. The molecule has 0 aromatic heterocycles. The van der Waals surface area contributed by atoms with Crippen LogP contribution in [0.5, 0.6) is 0 Å². The van der Waals surface area contributed by atoms with Crippen molar-refractivity contribution in [2.75, 3.05) is 0 Å². The summed E-state index contributed by atoms with van der Waals surface area (Å²) in [5.74, 6) is 16.2. The molecule has 0 radical (unpaired) electrons. The van der Waals surface area contributed by atoms with Gasteiger partial charge in [0.25, 0.3) is 0 Å².